The van der Waals surface area contributed by atoms with Gasteiger partial charge in [-0.05, 0) is 54.4 Å². The highest BCUT2D eigenvalue weighted by molar-refractivity contribution is 9.10. The predicted molar refractivity (Wildman–Crippen MR) is 77.2 cm³/mol. The highest BCUT2D eigenvalue weighted by atomic mass is 79.9. The van der Waals surface area contributed by atoms with Crippen LogP contribution in [0.4, 0.5) is 0 Å². The van der Waals surface area contributed by atoms with Crippen LogP contribution in [0.15, 0.2) is 22.7 Å². The van der Waals surface area contributed by atoms with E-state index in [1.165, 1.54) is 0 Å². The Bertz CT molecular complexity index is 403. The molecule has 1 aromatic rings. The monoisotopic (exact) mass is 313 g/mol. The molecule has 0 saturated heterocycles. The first-order chi connectivity index (χ1) is 8.63. The first-order valence-electron chi connectivity index (χ1n) is 6.35. The molecule has 3 nitrogen and oxygen atoms in total. The lowest BCUT2D eigenvalue weighted by molar-refractivity contribution is 0.0773. The normalized spacial score (nSPS) is 10.2. The summed E-state index contributed by atoms with van der Waals surface area (Å²) in [5.74, 6) is 0.843. The fourth-order valence-corrected chi connectivity index (χ4v) is 2.15. The summed E-state index contributed by atoms with van der Waals surface area (Å²) in [5, 5.41) is 0. The Kier molecular flexibility index (Phi) is 6.19. The Balaban J connectivity index is 2.86. The second-order valence-electron chi connectivity index (χ2n) is 3.97. The van der Waals surface area contributed by atoms with E-state index in [4.69, 9.17) is 4.74 Å². The zero-order valence-corrected chi connectivity index (χ0v) is 12.8. The second kappa shape index (κ2) is 7.41. The van der Waals surface area contributed by atoms with Crippen molar-refractivity contribution >= 4 is 21.8 Å². The van der Waals surface area contributed by atoms with Crippen LogP contribution < -0.4 is 4.74 Å². The highest BCUT2D eigenvalue weighted by Crippen LogP contribution is 2.26. The van der Waals surface area contributed by atoms with E-state index >= 15 is 0 Å². The average molecular weight is 314 g/mol. The number of rotatable bonds is 6. The fraction of sp³-hybridized carbons (Fsp3) is 0.500. The van der Waals surface area contributed by atoms with Gasteiger partial charge in [-0.1, -0.05) is 6.92 Å². The second-order valence-corrected chi connectivity index (χ2v) is 4.83. The van der Waals surface area contributed by atoms with Gasteiger partial charge in [0, 0.05) is 18.7 Å². The SMILES string of the molecule is CCCOc1ccc(C(=O)N(CC)CC)cc1Br. The minimum atomic E-state index is 0.0581. The van der Waals surface area contributed by atoms with Gasteiger partial charge < -0.3 is 9.64 Å². The van der Waals surface area contributed by atoms with Crippen LogP contribution in [0.25, 0.3) is 0 Å². The first kappa shape index (κ1) is 15.0. The van der Waals surface area contributed by atoms with Crippen LogP contribution in [-0.4, -0.2) is 30.5 Å². The van der Waals surface area contributed by atoms with Crippen molar-refractivity contribution in [3.8, 4) is 5.75 Å². The molecule has 0 fully saturated rings. The maximum absolute atomic E-state index is 12.1. The minimum absolute atomic E-state index is 0.0581. The molecular weight excluding hydrogens is 294 g/mol. The number of carbonyl (C=O) groups excluding carboxylic acids is 1. The third kappa shape index (κ3) is 3.73. The van der Waals surface area contributed by atoms with Crippen molar-refractivity contribution in [1.29, 1.82) is 0 Å². The number of nitrogens with zero attached hydrogens (tertiary/aromatic N) is 1. The maximum atomic E-state index is 12.1. The Hall–Kier alpha value is -1.03. The van der Waals surface area contributed by atoms with E-state index in [2.05, 4.69) is 22.9 Å². The third-order valence-corrected chi connectivity index (χ3v) is 3.31. The number of ether oxygens (including phenoxy) is 1. The zero-order valence-electron chi connectivity index (χ0n) is 11.2. The Labute approximate surface area is 117 Å². The predicted octanol–water partition coefficient (Wildman–Crippen LogP) is 3.72. The maximum Gasteiger partial charge on any atom is 0.253 e. The van der Waals surface area contributed by atoms with Gasteiger partial charge in [0.25, 0.3) is 5.91 Å². The molecule has 0 heterocycles. The van der Waals surface area contributed by atoms with E-state index in [0.717, 1.165) is 29.7 Å². The molecular formula is C14H20BrNO2. The molecule has 4 heteroatoms. The molecule has 0 N–H and O–H groups in total. The van der Waals surface area contributed by atoms with E-state index in [1.54, 1.807) is 4.90 Å². The highest BCUT2D eigenvalue weighted by Gasteiger charge is 2.14. The molecule has 0 atom stereocenters. The minimum Gasteiger partial charge on any atom is -0.492 e. The largest absolute Gasteiger partial charge is 0.492 e. The lowest BCUT2D eigenvalue weighted by Crippen LogP contribution is -2.30. The molecule has 1 rings (SSSR count). The summed E-state index contributed by atoms with van der Waals surface area (Å²) in [6.45, 7) is 8.15. The topological polar surface area (TPSA) is 29.5 Å². The van der Waals surface area contributed by atoms with Crippen molar-refractivity contribution < 1.29 is 9.53 Å². The molecule has 0 unspecified atom stereocenters. The van der Waals surface area contributed by atoms with Crippen molar-refractivity contribution in [2.75, 3.05) is 19.7 Å². The Morgan fingerprint density at radius 2 is 1.94 bits per heavy atom. The van der Waals surface area contributed by atoms with Crippen LogP contribution in [-0.2, 0) is 0 Å². The summed E-state index contributed by atoms with van der Waals surface area (Å²) in [4.78, 5) is 13.9. The molecule has 0 bridgehead atoms. The van der Waals surface area contributed by atoms with Crippen molar-refractivity contribution in [1.82, 2.24) is 4.90 Å². The first-order valence-corrected chi connectivity index (χ1v) is 7.14. The molecule has 0 aliphatic carbocycles. The number of hydrogen-bond acceptors (Lipinski definition) is 2. The van der Waals surface area contributed by atoms with E-state index in [0.29, 0.717) is 12.2 Å². The summed E-state index contributed by atoms with van der Waals surface area (Å²) in [5.41, 5.74) is 0.689. The van der Waals surface area contributed by atoms with E-state index in [-0.39, 0.29) is 5.91 Å². The summed E-state index contributed by atoms with van der Waals surface area (Å²) < 4.78 is 6.39. The molecule has 0 saturated carbocycles. The van der Waals surface area contributed by atoms with Gasteiger partial charge in [0.15, 0.2) is 0 Å². The molecule has 0 aliphatic heterocycles. The molecule has 18 heavy (non-hydrogen) atoms. The van der Waals surface area contributed by atoms with Crippen LogP contribution in [0, 0.1) is 0 Å². The van der Waals surface area contributed by atoms with E-state index < -0.39 is 0 Å². The molecule has 1 aromatic carbocycles. The molecule has 0 spiro atoms. The number of benzene rings is 1. The van der Waals surface area contributed by atoms with Gasteiger partial charge in [0.1, 0.15) is 5.75 Å². The quantitative estimate of drug-likeness (QED) is 0.801. The third-order valence-electron chi connectivity index (χ3n) is 2.69. The lowest BCUT2D eigenvalue weighted by atomic mass is 10.2. The van der Waals surface area contributed by atoms with Crippen LogP contribution in [0.2, 0.25) is 0 Å². The van der Waals surface area contributed by atoms with Gasteiger partial charge in [-0.3, -0.25) is 4.79 Å². The zero-order chi connectivity index (χ0) is 13.5. The molecule has 0 aromatic heterocycles. The van der Waals surface area contributed by atoms with Gasteiger partial charge in [-0.2, -0.15) is 0 Å². The summed E-state index contributed by atoms with van der Waals surface area (Å²) in [6, 6.07) is 5.48. The van der Waals surface area contributed by atoms with Crippen molar-refractivity contribution in [3.63, 3.8) is 0 Å². The fourth-order valence-electron chi connectivity index (χ4n) is 1.66. The number of carbonyl (C=O) groups is 1. The summed E-state index contributed by atoms with van der Waals surface area (Å²) in [7, 11) is 0. The Morgan fingerprint density at radius 1 is 1.28 bits per heavy atom. The van der Waals surface area contributed by atoms with E-state index in [1.807, 2.05) is 32.0 Å². The summed E-state index contributed by atoms with van der Waals surface area (Å²) in [6.07, 6.45) is 0.965. The van der Waals surface area contributed by atoms with Crippen molar-refractivity contribution in [2.45, 2.75) is 27.2 Å². The summed E-state index contributed by atoms with van der Waals surface area (Å²) >= 11 is 3.44. The lowest BCUT2D eigenvalue weighted by Gasteiger charge is -2.19. The van der Waals surface area contributed by atoms with Gasteiger partial charge in [-0.15, -0.1) is 0 Å². The Morgan fingerprint density at radius 3 is 2.44 bits per heavy atom. The van der Waals surface area contributed by atoms with E-state index in [9.17, 15) is 4.79 Å². The molecule has 1 amide bonds. The number of hydrogen-bond donors (Lipinski definition) is 0. The van der Waals surface area contributed by atoms with Gasteiger partial charge in [0.05, 0.1) is 11.1 Å². The molecule has 0 aliphatic rings. The molecule has 0 radical (unpaired) electrons. The van der Waals surface area contributed by atoms with Gasteiger partial charge >= 0.3 is 0 Å². The van der Waals surface area contributed by atoms with Gasteiger partial charge in [-0.25, -0.2) is 0 Å². The number of amides is 1. The standard InChI is InChI=1S/C14H20BrNO2/c1-4-9-18-13-8-7-11(10-12(13)15)14(17)16(5-2)6-3/h7-8,10H,4-6,9H2,1-3H3. The van der Waals surface area contributed by atoms with Crippen LogP contribution in [0.1, 0.15) is 37.6 Å². The van der Waals surface area contributed by atoms with Crippen LogP contribution in [0.5, 0.6) is 5.75 Å². The van der Waals surface area contributed by atoms with Crippen molar-refractivity contribution in [3.05, 3.63) is 28.2 Å². The van der Waals surface area contributed by atoms with Crippen LogP contribution >= 0.6 is 15.9 Å². The van der Waals surface area contributed by atoms with Crippen LogP contribution in [0.3, 0.4) is 0 Å². The van der Waals surface area contributed by atoms with Crippen molar-refractivity contribution in [2.24, 2.45) is 0 Å². The van der Waals surface area contributed by atoms with Gasteiger partial charge in [0.2, 0.25) is 0 Å². The average Bonchev–Trinajstić information content (AvgIpc) is 2.38. The molecule has 100 valence electrons. The number of halogens is 1. The smallest absolute Gasteiger partial charge is 0.253 e.